The Morgan fingerprint density at radius 1 is 1.15 bits per heavy atom. The van der Waals surface area contributed by atoms with E-state index in [0.29, 0.717) is 17.1 Å². The second kappa shape index (κ2) is 8.16. The molecule has 6 nitrogen and oxygen atoms in total. The third-order valence-corrected chi connectivity index (χ3v) is 2.62. The summed E-state index contributed by atoms with van der Waals surface area (Å²) in [6, 6.07) is 4.74. The number of ether oxygens (including phenoxy) is 3. The van der Waals surface area contributed by atoms with Gasteiger partial charge in [0.15, 0.2) is 17.3 Å². The zero-order valence-corrected chi connectivity index (χ0v) is 11.5. The van der Waals surface area contributed by atoms with Crippen molar-refractivity contribution < 1.29 is 28.9 Å². The first-order chi connectivity index (χ1) is 9.62. The Kier molecular flexibility index (Phi) is 6.52. The third kappa shape index (κ3) is 4.55. The van der Waals surface area contributed by atoms with E-state index in [2.05, 4.69) is 4.74 Å². The Morgan fingerprint density at radius 3 is 2.50 bits per heavy atom. The van der Waals surface area contributed by atoms with E-state index in [-0.39, 0.29) is 31.8 Å². The molecule has 0 aliphatic heterocycles. The fraction of sp³-hybridized carbons (Fsp3) is 0.429. The van der Waals surface area contributed by atoms with Crippen molar-refractivity contribution in [1.82, 2.24) is 0 Å². The van der Waals surface area contributed by atoms with Gasteiger partial charge in [0.1, 0.15) is 6.61 Å². The highest BCUT2D eigenvalue weighted by Gasteiger charge is 2.13. The predicted molar refractivity (Wildman–Crippen MR) is 71.2 cm³/mol. The lowest BCUT2D eigenvalue weighted by atomic mass is 10.1. The van der Waals surface area contributed by atoms with Crippen LogP contribution in [0.2, 0.25) is 0 Å². The van der Waals surface area contributed by atoms with Crippen molar-refractivity contribution in [2.45, 2.75) is 12.8 Å². The van der Waals surface area contributed by atoms with Gasteiger partial charge >= 0.3 is 5.97 Å². The van der Waals surface area contributed by atoms with Crippen LogP contribution in [0.3, 0.4) is 0 Å². The minimum absolute atomic E-state index is 0.0421. The van der Waals surface area contributed by atoms with E-state index in [0.717, 1.165) is 0 Å². The van der Waals surface area contributed by atoms with Crippen molar-refractivity contribution in [1.29, 1.82) is 0 Å². The van der Waals surface area contributed by atoms with Crippen molar-refractivity contribution in [2.75, 3.05) is 27.4 Å². The SMILES string of the molecule is COC(=O)CCC(=O)c1ccc(OCCO)c(OC)c1. The molecule has 0 bridgehead atoms. The summed E-state index contributed by atoms with van der Waals surface area (Å²) >= 11 is 0. The van der Waals surface area contributed by atoms with Gasteiger partial charge in [0.25, 0.3) is 0 Å². The molecule has 0 aliphatic rings. The first kappa shape index (κ1) is 16.0. The van der Waals surface area contributed by atoms with Crippen LogP contribution in [0.25, 0.3) is 0 Å². The van der Waals surface area contributed by atoms with E-state index in [4.69, 9.17) is 14.6 Å². The van der Waals surface area contributed by atoms with Gasteiger partial charge in [-0.1, -0.05) is 0 Å². The zero-order chi connectivity index (χ0) is 15.0. The molecule has 0 unspecified atom stereocenters. The molecule has 1 aromatic carbocycles. The summed E-state index contributed by atoms with van der Waals surface area (Å²) in [4.78, 5) is 22.9. The van der Waals surface area contributed by atoms with Crippen LogP contribution in [0, 0.1) is 0 Å². The smallest absolute Gasteiger partial charge is 0.305 e. The molecule has 0 saturated heterocycles. The molecular weight excluding hydrogens is 264 g/mol. The number of Topliss-reactive ketones (excluding diaryl/α,β-unsaturated/α-hetero) is 1. The van der Waals surface area contributed by atoms with Crippen molar-refractivity contribution in [2.24, 2.45) is 0 Å². The summed E-state index contributed by atoms with van der Waals surface area (Å²) in [5.41, 5.74) is 0.433. The molecule has 1 rings (SSSR count). The first-order valence-corrected chi connectivity index (χ1v) is 6.14. The third-order valence-electron chi connectivity index (χ3n) is 2.62. The fourth-order valence-corrected chi connectivity index (χ4v) is 1.58. The van der Waals surface area contributed by atoms with Gasteiger partial charge in [-0.3, -0.25) is 9.59 Å². The Morgan fingerprint density at radius 2 is 1.90 bits per heavy atom. The Hall–Kier alpha value is -2.08. The molecule has 1 aromatic rings. The molecule has 0 spiro atoms. The molecule has 20 heavy (non-hydrogen) atoms. The van der Waals surface area contributed by atoms with Crippen molar-refractivity contribution in [3.63, 3.8) is 0 Å². The Bertz CT molecular complexity index is 469. The molecule has 0 aliphatic carbocycles. The number of rotatable bonds is 8. The van der Waals surface area contributed by atoms with E-state index < -0.39 is 5.97 Å². The lowest BCUT2D eigenvalue weighted by molar-refractivity contribution is -0.140. The number of carbonyl (C=O) groups is 2. The minimum Gasteiger partial charge on any atom is -0.493 e. The zero-order valence-electron chi connectivity index (χ0n) is 11.5. The van der Waals surface area contributed by atoms with Gasteiger partial charge in [0.2, 0.25) is 0 Å². The maximum absolute atomic E-state index is 11.9. The van der Waals surface area contributed by atoms with Crippen LogP contribution in [-0.2, 0) is 9.53 Å². The average molecular weight is 282 g/mol. The number of methoxy groups -OCH3 is 2. The number of esters is 1. The van der Waals surface area contributed by atoms with Crippen LogP contribution in [0.4, 0.5) is 0 Å². The summed E-state index contributed by atoms with van der Waals surface area (Å²) in [5.74, 6) is 0.254. The van der Waals surface area contributed by atoms with Gasteiger partial charge < -0.3 is 19.3 Å². The van der Waals surface area contributed by atoms with Gasteiger partial charge in [0.05, 0.1) is 27.2 Å². The number of benzene rings is 1. The van der Waals surface area contributed by atoms with Crippen LogP contribution in [0.15, 0.2) is 18.2 Å². The molecule has 0 heterocycles. The molecule has 0 atom stereocenters. The van der Waals surface area contributed by atoms with Gasteiger partial charge in [-0.15, -0.1) is 0 Å². The van der Waals surface area contributed by atoms with Gasteiger partial charge in [-0.25, -0.2) is 0 Å². The average Bonchev–Trinajstić information content (AvgIpc) is 2.49. The molecule has 6 heteroatoms. The molecule has 0 radical (unpaired) electrons. The van der Waals surface area contributed by atoms with Crippen LogP contribution < -0.4 is 9.47 Å². The number of aliphatic hydroxyl groups excluding tert-OH is 1. The van der Waals surface area contributed by atoms with Crippen molar-refractivity contribution >= 4 is 11.8 Å². The maximum Gasteiger partial charge on any atom is 0.305 e. The highest BCUT2D eigenvalue weighted by atomic mass is 16.5. The maximum atomic E-state index is 11.9. The fourth-order valence-electron chi connectivity index (χ4n) is 1.58. The Labute approximate surface area is 117 Å². The normalized spacial score (nSPS) is 9.95. The standard InChI is InChI=1S/C14H18O6/c1-18-13-9-10(3-5-12(13)20-8-7-15)11(16)4-6-14(17)19-2/h3,5,9,15H,4,6-8H2,1-2H3. The highest BCUT2D eigenvalue weighted by molar-refractivity contribution is 5.98. The first-order valence-electron chi connectivity index (χ1n) is 6.14. The van der Waals surface area contributed by atoms with Crippen LogP contribution in [0.1, 0.15) is 23.2 Å². The van der Waals surface area contributed by atoms with Crippen molar-refractivity contribution in [3.8, 4) is 11.5 Å². The number of hydrogen-bond acceptors (Lipinski definition) is 6. The van der Waals surface area contributed by atoms with E-state index in [9.17, 15) is 9.59 Å². The summed E-state index contributed by atoms with van der Waals surface area (Å²) in [5, 5.41) is 8.72. The molecule has 0 amide bonds. The number of carbonyl (C=O) groups excluding carboxylic acids is 2. The summed E-state index contributed by atoms with van der Waals surface area (Å²) < 4.78 is 14.9. The largest absolute Gasteiger partial charge is 0.493 e. The van der Waals surface area contributed by atoms with E-state index >= 15 is 0 Å². The lowest BCUT2D eigenvalue weighted by Crippen LogP contribution is -2.07. The Balaban J connectivity index is 2.75. The quantitative estimate of drug-likeness (QED) is 0.570. The number of aliphatic hydroxyl groups is 1. The summed E-state index contributed by atoms with van der Waals surface area (Å²) in [6.07, 6.45) is 0.118. The minimum atomic E-state index is -0.423. The van der Waals surface area contributed by atoms with Crippen LogP contribution >= 0.6 is 0 Å². The van der Waals surface area contributed by atoms with Crippen molar-refractivity contribution in [3.05, 3.63) is 23.8 Å². The topological polar surface area (TPSA) is 82.1 Å². The van der Waals surface area contributed by atoms with E-state index in [1.54, 1.807) is 18.2 Å². The van der Waals surface area contributed by atoms with Gasteiger partial charge in [0, 0.05) is 12.0 Å². The predicted octanol–water partition coefficient (Wildman–Crippen LogP) is 1.20. The second-order valence-electron chi connectivity index (χ2n) is 3.94. The molecule has 0 saturated carbocycles. The molecule has 110 valence electrons. The number of hydrogen-bond donors (Lipinski definition) is 1. The van der Waals surface area contributed by atoms with Crippen LogP contribution in [-0.4, -0.2) is 44.3 Å². The molecule has 0 aromatic heterocycles. The molecule has 0 fully saturated rings. The summed E-state index contributed by atoms with van der Waals surface area (Å²) in [6.45, 7) is 0.0367. The molecular formula is C14H18O6. The second-order valence-corrected chi connectivity index (χ2v) is 3.94. The van der Waals surface area contributed by atoms with E-state index in [1.807, 2.05) is 0 Å². The highest BCUT2D eigenvalue weighted by Crippen LogP contribution is 2.28. The number of ketones is 1. The lowest BCUT2D eigenvalue weighted by Gasteiger charge is -2.11. The van der Waals surface area contributed by atoms with Crippen LogP contribution in [0.5, 0.6) is 11.5 Å². The summed E-state index contributed by atoms with van der Waals surface area (Å²) in [7, 11) is 2.74. The van der Waals surface area contributed by atoms with Gasteiger partial charge in [-0.2, -0.15) is 0 Å². The van der Waals surface area contributed by atoms with E-state index in [1.165, 1.54) is 14.2 Å². The van der Waals surface area contributed by atoms with Gasteiger partial charge in [-0.05, 0) is 18.2 Å². The monoisotopic (exact) mass is 282 g/mol. The molecule has 1 N–H and O–H groups in total.